The molecule has 5 nitrogen and oxygen atoms in total. The van der Waals surface area contributed by atoms with Gasteiger partial charge in [-0.2, -0.15) is 0 Å². The second-order valence-electron chi connectivity index (χ2n) is 5.55. The molecule has 1 aromatic carbocycles. The Morgan fingerprint density at radius 1 is 1.35 bits per heavy atom. The number of pyridine rings is 1. The monoisotopic (exact) mass is 334 g/mol. The number of hydrogen-bond donors (Lipinski definition) is 2. The lowest BCUT2D eigenvalue weighted by atomic mass is 10.2. The van der Waals surface area contributed by atoms with Gasteiger partial charge in [0.15, 0.2) is 5.75 Å². The summed E-state index contributed by atoms with van der Waals surface area (Å²) in [5.74, 6) is 0.320. The molecule has 0 unspecified atom stereocenters. The molecule has 2 aromatic rings. The van der Waals surface area contributed by atoms with Gasteiger partial charge in [-0.05, 0) is 18.1 Å². The van der Waals surface area contributed by atoms with Crippen LogP contribution in [0.5, 0.6) is 5.75 Å². The van der Waals surface area contributed by atoms with E-state index in [-0.39, 0.29) is 23.6 Å². The Hall–Kier alpha value is -2.27. The zero-order valence-electron chi connectivity index (χ0n) is 13.1. The summed E-state index contributed by atoms with van der Waals surface area (Å²) < 4.78 is 5.42. The third-order valence-electron chi connectivity index (χ3n) is 3.07. The second-order valence-corrected chi connectivity index (χ2v) is 5.96. The van der Waals surface area contributed by atoms with Gasteiger partial charge in [0.25, 0.3) is 5.91 Å². The predicted molar refractivity (Wildman–Crippen MR) is 90.0 cm³/mol. The van der Waals surface area contributed by atoms with E-state index in [4.69, 9.17) is 16.3 Å². The SMILES string of the molecule is CC(C)COc1c[nH]c(CNC(=O)c2ccccc2Cl)cc1=O. The normalized spacial score (nSPS) is 10.6. The largest absolute Gasteiger partial charge is 0.488 e. The van der Waals surface area contributed by atoms with Crippen molar-refractivity contribution in [2.75, 3.05) is 6.61 Å². The maximum Gasteiger partial charge on any atom is 0.253 e. The Balaban J connectivity index is 1.99. The van der Waals surface area contributed by atoms with Crippen molar-refractivity contribution >= 4 is 17.5 Å². The van der Waals surface area contributed by atoms with Gasteiger partial charge in [0.1, 0.15) is 0 Å². The minimum absolute atomic E-state index is 0.198. The molecule has 0 saturated heterocycles. The van der Waals surface area contributed by atoms with Gasteiger partial charge in [-0.3, -0.25) is 9.59 Å². The maximum absolute atomic E-state index is 12.1. The number of ether oxygens (including phenoxy) is 1. The summed E-state index contributed by atoms with van der Waals surface area (Å²) in [5, 5.41) is 3.10. The average Bonchev–Trinajstić information content (AvgIpc) is 2.52. The van der Waals surface area contributed by atoms with E-state index < -0.39 is 0 Å². The molecule has 0 fully saturated rings. The van der Waals surface area contributed by atoms with Gasteiger partial charge >= 0.3 is 0 Å². The summed E-state index contributed by atoms with van der Waals surface area (Å²) in [4.78, 5) is 26.9. The molecular formula is C17H19ClN2O3. The molecule has 0 aliphatic heterocycles. The molecule has 1 aromatic heterocycles. The minimum Gasteiger partial charge on any atom is -0.488 e. The first-order valence-corrected chi connectivity index (χ1v) is 7.72. The summed E-state index contributed by atoms with van der Waals surface area (Å²) in [6.45, 7) is 4.69. The number of rotatable bonds is 6. The van der Waals surface area contributed by atoms with Crippen LogP contribution in [0.4, 0.5) is 0 Å². The van der Waals surface area contributed by atoms with E-state index in [1.54, 1.807) is 24.3 Å². The van der Waals surface area contributed by atoms with E-state index in [2.05, 4.69) is 10.3 Å². The highest BCUT2D eigenvalue weighted by molar-refractivity contribution is 6.33. The molecule has 0 saturated carbocycles. The first-order valence-electron chi connectivity index (χ1n) is 7.34. The van der Waals surface area contributed by atoms with Crippen molar-refractivity contribution in [3.63, 3.8) is 0 Å². The number of aromatic amines is 1. The Kier molecular flexibility index (Phi) is 5.82. The zero-order valence-corrected chi connectivity index (χ0v) is 13.8. The third kappa shape index (κ3) is 4.86. The van der Waals surface area contributed by atoms with Gasteiger partial charge in [0.05, 0.1) is 23.7 Å². The quantitative estimate of drug-likeness (QED) is 0.853. The van der Waals surface area contributed by atoms with E-state index in [1.807, 2.05) is 13.8 Å². The fraction of sp³-hybridized carbons (Fsp3) is 0.294. The summed E-state index contributed by atoms with van der Waals surface area (Å²) in [7, 11) is 0. The van der Waals surface area contributed by atoms with Crippen LogP contribution in [-0.4, -0.2) is 17.5 Å². The van der Waals surface area contributed by atoms with Crippen molar-refractivity contribution < 1.29 is 9.53 Å². The highest BCUT2D eigenvalue weighted by atomic mass is 35.5. The summed E-state index contributed by atoms with van der Waals surface area (Å²) in [5.41, 5.74) is 0.770. The van der Waals surface area contributed by atoms with Crippen molar-refractivity contribution in [1.82, 2.24) is 10.3 Å². The first kappa shape index (κ1) is 17.1. The van der Waals surface area contributed by atoms with Crippen LogP contribution in [0.25, 0.3) is 0 Å². The Morgan fingerprint density at radius 2 is 2.09 bits per heavy atom. The number of nitrogens with one attached hydrogen (secondary N) is 2. The number of halogens is 1. The highest BCUT2D eigenvalue weighted by Gasteiger charge is 2.10. The molecule has 0 radical (unpaired) electrons. The van der Waals surface area contributed by atoms with Crippen LogP contribution in [0.3, 0.4) is 0 Å². The lowest BCUT2D eigenvalue weighted by Gasteiger charge is -2.09. The van der Waals surface area contributed by atoms with Crippen LogP contribution in [0.2, 0.25) is 5.02 Å². The molecule has 0 aliphatic carbocycles. The summed E-state index contributed by atoms with van der Waals surface area (Å²) >= 11 is 5.97. The van der Waals surface area contributed by atoms with Crippen molar-refractivity contribution in [3.8, 4) is 5.75 Å². The molecule has 0 spiro atoms. The first-order chi connectivity index (χ1) is 11.0. The van der Waals surface area contributed by atoms with Crippen LogP contribution in [0, 0.1) is 5.92 Å². The van der Waals surface area contributed by atoms with Gasteiger partial charge in [-0.15, -0.1) is 0 Å². The van der Waals surface area contributed by atoms with Gasteiger partial charge in [-0.1, -0.05) is 37.6 Å². The summed E-state index contributed by atoms with van der Waals surface area (Å²) in [6, 6.07) is 8.21. The smallest absolute Gasteiger partial charge is 0.253 e. The number of carbonyl (C=O) groups is 1. The zero-order chi connectivity index (χ0) is 16.8. The van der Waals surface area contributed by atoms with Crippen LogP contribution in [0.1, 0.15) is 29.9 Å². The van der Waals surface area contributed by atoms with Crippen LogP contribution in [-0.2, 0) is 6.54 Å². The van der Waals surface area contributed by atoms with Gasteiger partial charge < -0.3 is 15.0 Å². The Labute approximate surface area is 139 Å². The van der Waals surface area contributed by atoms with Crippen molar-refractivity contribution in [2.45, 2.75) is 20.4 Å². The van der Waals surface area contributed by atoms with Crippen LogP contribution in [0.15, 0.2) is 41.3 Å². The number of amides is 1. The molecule has 0 bridgehead atoms. The van der Waals surface area contributed by atoms with E-state index in [9.17, 15) is 9.59 Å². The van der Waals surface area contributed by atoms with Gasteiger partial charge in [0.2, 0.25) is 5.43 Å². The van der Waals surface area contributed by atoms with E-state index in [0.29, 0.717) is 28.8 Å². The highest BCUT2D eigenvalue weighted by Crippen LogP contribution is 2.14. The Morgan fingerprint density at radius 3 is 2.74 bits per heavy atom. The topological polar surface area (TPSA) is 71.2 Å². The van der Waals surface area contributed by atoms with Crippen LogP contribution < -0.4 is 15.5 Å². The van der Waals surface area contributed by atoms with Gasteiger partial charge in [0, 0.05) is 18.0 Å². The van der Waals surface area contributed by atoms with Gasteiger partial charge in [-0.25, -0.2) is 0 Å². The van der Waals surface area contributed by atoms with Crippen molar-refractivity contribution in [2.24, 2.45) is 5.92 Å². The molecule has 122 valence electrons. The molecule has 0 aliphatic rings. The Bertz CT molecular complexity index is 741. The standard InChI is InChI=1S/C17H19ClN2O3/c1-11(2)10-23-16-9-19-12(7-15(16)21)8-20-17(22)13-5-3-4-6-14(13)18/h3-7,9,11H,8,10H2,1-2H3,(H,19,21)(H,20,22). The number of aromatic nitrogens is 1. The molecular weight excluding hydrogens is 316 g/mol. The van der Waals surface area contributed by atoms with E-state index >= 15 is 0 Å². The molecule has 2 rings (SSSR count). The number of benzene rings is 1. The second kappa shape index (κ2) is 7.83. The van der Waals surface area contributed by atoms with Crippen molar-refractivity contribution in [3.05, 3.63) is 63.0 Å². The maximum atomic E-state index is 12.1. The fourth-order valence-corrected chi connectivity index (χ4v) is 2.11. The fourth-order valence-electron chi connectivity index (χ4n) is 1.89. The van der Waals surface area contributed by atoms with Crippen LogP contribution >= 0.6 is 11.6 Å². The van der Waals surface area contributed by atoms with E-state index in [1.165, 1.54) is 12.3 Å². The number of H-pyrrole nitrogens is 1. The summed E-state index contributed by atoms with van der Waals surface area (Å²) in [6.07, 6.45) is 1.52. The molecule has 23 heavy (non-hydrogen) atoms. The minimum atomic E-state index is -0.295. The lowest BCUT2D eigenvalue weighted by molar-refractivity contribution is 0.0950. The molecule has 6 heteroatoms. The molecule has 0 atom stereocenters. The molecule has 1 amide bonds. The lowest BCUT2D eigenvalue weighted by Crippen LogP contribution is -2.24. The third-order valence-corrected chi connectivity index (χ3v) is 3.40. The number of hydrogen-bond acceptors (Lipinski definition) is 3. The molecule has 2 N–H and O–H groups in total. The van der Waals surface area contributed by atoms with E-state index in [0.717, 1.165) is 0 Å². The molecule has 1 heterocycles. The average molecular weight is 335 g/mol. The predicted octanol–water partition coefficient (Wildman–Crippen LogP) is 2.99. The van der Waals surface area contributed by atoms with Crippen molar-refractivity contribution in [1.29, 1.82) is 0 Å². The number of carbonyl (C=O) groups excluding carboxylic acids is 1.